The summed E-state index contributed by atoms with van der Waals surface area (Å²) in [7, 11) is 10.9. The lowest BCUT2D eigenvalue weighted by atomic mass is 9.43. The molecular weight excluding hydrogens is 487 g/mol. The third kappa shape index (κ3) is 4.76. The zero-order valence-electron chi connectivity index (χ0n) is 23.9. The van der Waals surface area contributed by atoms with Crippen molar-refractivity contribution >= 4 is 64.9 Å². The molecule has 3 amide bonds. The molecular formula is C25H33B6N3O5. The van der Waals surface area contributed by atoms with Crippen LogP contribution in [0, 0.1) is 0 Å². The molecule has 2 fully saturated rings. The number of carbonyl (C=O) groups is 3. The summed E-state index contributed by atoms with van der Waals surface area (Å²) in [4.78, 5) is 45.5. The Hall–Kier alpha value is -2.84. The van der Waals surface area contributed by atoms with Crippen molar-refractivity contribution in [2.45, 2.75) is 35.6 Å². The van der Waals surface area contributed by atoms with Crippen LogP contribution >= 0.6 is 0 Å². The molecule has 0 aliphatic carbocycles. The van der Waals surface area contributed by atoms with E-state index in [0.29, 0.717) is 17.9 Å². The van der Waals surface area contributed by atoms with E-state index in [9.17, 15) is 14.4 Å². The molecule has 196 valence electrons. The monoisotopic (exact) mass is 521 g/mol. The van der Waals surface area contributed by atoms with Crippen molar-refractivity contribution in [2.75, 3.05) is 26.3 Å². The van der Waals surface area contributed by atoms with Gasteiger partial charge in [-0.25, -0.2) is 0 Å². The van der Waals surface area contributed by atoms with Gasteiger partial charge in [0.05, 0.1) is 18.7 Å². The molecule has 2 aromatic carbocycles. The van der Waals surface area contributed by atoms with Gasteiger partial charge in [-0.15, -0.1) is 0 Å². The fourth-order valence-corrected chi connectivity index (χ4v) is 6.80. The van der Waals surface area contributed by atoms with Crippen LogP contribution in [0.25, 0.3) is 0 Å². The highest BCUT2D eigenvalue weighted by Crippen LogP contribution is 2.48. The van der Waals surface area contributed by atoms with E-state index in [4.69, 9.17) is 9.47 Å². The van der Waals surface area contributed by atoms with Crippen molar-refractivity contribution in [3.8, 4) is 5.75 Å². The SMILES string of the molecule is BN1C(=O)C(B)(B)C[C@@](B)(N2C(=O)c3cccc(OCc4ccc(CN5CCOCC5)cc4)c3C2(B)B)C1=O. The number of morpholine rings is 1. The Morgan fingerprint density at radius 2 is 1.51 bits per heavy atom. The second kappa shape index (κ2) is 9.97. The normalized spacial score (nSPS) is 24.6. The van der Waals surface area contributed by atoms with Crippen molar-refractivity contribution in [2.24, 2.45) is 0 Å². The van der Waals surface area contributed by atoms with Crippen LogP contribution in [0.5, 0.6) is 5.75 Å². The van der Waals surface area contributed by atoms with Crippen molar-refractivity contribution < 1.29 is 23.9 Å². The molecule has 0 N–H and O–H groups in total. The van der Waals surface area contributed by atoms with Crippen LogP contribution in [-0.4, -0.2) is 111 Å². The number of carbonyl (C=O) groups excluding carboxylic acids is 3. The van der Waals surface area contributed by atoms with E-state index < -0.39 is 16.0 Å². The molecule has 3 aliphatic rings. The van der Waals surface area contributed by atoms with Crippen LogP contribution in [0.3, 0.4) is 0 Å². The summed E-state index contributed by atoms with van der Waals surface area (Å²) in [6.45, 7) is 4.72. The molecule has 8 nitrogen and oxygen atoms in total. The summed E-state index contributed by atoms with van der Waals surface area (Å²) in [5, 5.41) is -1.61. The minimum Gasteiger partial charge on any atom is -0.489 e. The lowest BCUT2D eigenvalue weighted by Gasteiger charge is -2.53. The van der Waals surface area contributed by atoms with Gasteiger partial charge in [0, 0.05) is 36.1 Å². The second-order valence-electron chi connectivity index (χ2n) is 12.4. The van der Waals surface area contributed by atoms with Gasteiger partial charge >= 0.3 is 0 Å². The lowest BCUT2D eigenvalue weighted by Crippen LogP contribution is -2.71. The molecule has 3 heterocycles. The van der Waals surface area contributed by atoms with E-state index in [2.05, 4.69) is 29.2 Å². The van der Waals surface area contributed by atoms with Crippen LogP contribution < -0.4 is 4.74 Å². The Morgan fingerprint density at radius 1 is 0.872 bits per heavy atom. The third-order valence-electron chi connectivity index (χ3n) is 8.49. The Kier molecular flexibility index (Phi) is 7.08. The van der Waals surface area contributed by atoms with Gasteiger partial charge in [0.1, 0.15) is 51.6 Å². The number of amides is 3. The van der Waals surface area contributed by atoms with Crippen LogP contribution in [0.4, 0.5) is 0 Å². The fraction of sp³-hybridized carbons (Fsp3) is 0.400. The standard InChI is InChI=1S/C25H33B6N3O5/c26-23(27)14-24(28,22(37)33(31)21(23)36)34-20(35)17-2-1-3-18(19(17)25(34,29)30)39-13-16-6-4-15(5-7-16)12-32-8-10-38-11-9-32/h1-7H,8-14,26-31H2/t24-/m1/s1. The summed E-state index contributed by atoms with van der Waals surface area (Å²) in [6, 6.07) is 13.9. The average Bonchev–Trinajstić information content (AvgIpc) is 3.12. The molecule has 2 saturated heterocycles. The zero-order chi connectivity index (χ0) is 28.2. The molecule has 0 aromatic heterocycles. The molecule has 14 heteroatoms. The first-order chi connectivity index (χ1) is 18.4. The highest BCUT2D eigenvalue weighted by atomic mass is 16.5. The van der Waals surface area contributed by atoms with Crippen molar-refractivity contribution in [1.29, 1.82) is 0 Å². The molecule has 5 rings (SSSR count). The molecule has 0 spiro atoms. The van der Waals surface area contributed by atoms with E-state index in [1.807, 2.05) is 43.5 Å². The Morgan fingerprint density at radius 3 is 2.18 bits per heavy atom. The molecule has 2 aromatic rings. The number of ether oxygens (including phenoxy) is 2. The first-order valence-corrected chi connectivity index (χ1v) is 13.7. The van der Waals surface area contributed by atoms with Gasteiger partial charge in [0.25, 0.3) is 5.91 Å². The molecule has 0 radical (unpaired) electrons. The van der Waals surface area contributed by atoms with E-state index in [1.165, 1.54) is 18.4 Å². The zero-order valence-corrected chi connectivity index (χ0v) is 23.9. The smallest absolute Gasteiger partial charge is 0.254 e. The molecule has 3 aliphatic heterocycles. The molecule has 1 atom stereocenters. The largest absolute Gasteiger partial charge is 0.489 e. The summed E-state index contributed by atoms with van der Waals surface area (Å²) in [6.07, 6.45) is 0.248. The van der Waals surface area contributed by atoms with Gasteiger partial charge in [-0.1, -0.05) is 30.3 Å². The molecule has 39 heavy (non-hydrogen) atoms. The predicted molar refractivity (Wildman–Crippen MR) is 164 cm³/mol. The maximum absolute atomic E-state index is 13.9. The number of nitrogens with zero attached hydrogens (tertiary/aromatic N) is 3. The third-order valence-corrected chi connectivity index (χ3v) is 8.49. The highest BCUT2D eigenvalue weighted by molar-refractivity contribution is 6.56. The van der Waals surface area contributed by atoms with Gasteiger partial charge in [-0.3, -0.25) is 19.3 Å². The Balaban J connectivity index is 1.37. The number of piperidine rings is 1. The maximum Gasteiger partial charge on any atom is 0.254 e. The average molecular weight is 520 g/mol. The number of hydrogen-bond acceptors (Lipinski definition) is 6. The lowest BCUT2D eigenvalue weighted by molar-refractivity contribution is -0.149. The van der Waals surface area contributed by atoms with Crippen LogP contribution in [0.2, 0.25) is 5.21 Å². The number of rotatable bonds is 6. The number of hydrogen-bond donors (Lipinski definition) is 0. The summed E-state index contributed by atoms with van der Waals surface area (Å²) >= 11 is 0. The van der Waals surface area contributed by atoms with E-state index >= 15 is 0 Å². The quantitative estimate of drug-likeness (QED) is 0.285. The van der Waals surface area contributed by atoms with Crippen LogP contribution in [0.15, 0.2) is 42.5 Å². The number of benzene rings is 2. The van der Waals surface area contributed by atoms with E-state index in [0.717, 1.165) is 44.0 Å². The van der Waals surface area contributed by atoms with Gasteiger partial charge in [0.15, 0.2) is 0 Å². The second-order valence-corrected chi connectivity index (χ2v) is 12.4. The maximum atomic E-state index is 13.9. The van der Waals surface area contributed by atoms with Gasteiger partial charge < -0.3 is 19.2 Å². The summed E-state index contributed by atoms with van der Waals surface area (Å²) in [5.74, 6) is -0.184. The first kappa shape index (κ1) is 27.7. The molecule has 0 unspecified atom stereocenters. The van der Waals surface area contributed by atoms with Crippen molar-refractivity contribution in [3.63, 3.8) is 0 Å². The minimum atomic E-state index is -1.18. The number of fused-ring (bicyclic) bond motifs is 1. The highest BCUT2D eigenvalue weighted by Gasteiger charge is 2.60. The summed E-state index contributed by atoms with van der Waals surface area (Å²) < 4.78 is 11.8. The first-order valence-electron chi connectivity index (χ1n) is 13.7. The predicted octanol–water partition coefficient (Wildman–Crippen LogP) is -4.05. The van der Waals surface area contributed by atoms with Crippen LogP contribution in [0.1, 0.15) is 33.5 Å². The minimum absolute atomic E-state index is 0.220. The topological polar surface area (TPSA) is 79.4 Å². The molecule has 0 bridgehead atoms. The Bertz CT molecular complexity index is 1320. The fourth-order valence-electron chi connectivity index (χ4n) is 6.80. The van der Waals surface area contributed by atoms with Crippen molar-refractivity contribution in [1.82, 2.24) is 14.6 Å². The van der Waals surface area contributed by atoms with Gasteiger partial charge in [-0.05, 0) is 34.9 Å². The van der Waals surface area contributed by atoms with Gasteiger partial charge in [-0.2, -0.15) is 0 Å². The van der Waals surface area contributed by atoms with E-state index in [-0.39, 0.29) is 24.1 Å². The van der Waals surface area contributed by atoms with Crippen molar-refractivity contribution in [3.05, 3.63) is 64.7 Å². The number of imide groups is 1. The Labute approximate surface area is 235 Å². The van der Waals surface area contributed by atoms with Crippen LogP contribution in [-0.2, 0) is 32.8 Å². The molecule has 0 saturated carbocycles. The van der Waals surface area contributed by atoms with E-state index in [1.54, 1.807) is 18.8 Å². The summed E-state index contributed by atoms with van der Waals surface area (Å²) in [5.41, 5.74) is 2.41. The van der Waals surface area contributed by atoms with Gasteiger partial charge in [0.2, 0.25) is 19.8 Å².